The molecule has 1 atom stereocenters. The van der Waals surface area contributed by atoms with Gasteiger partial charge in [0.15, 0.2) is 6.10 Å². The lowest BCUT2D eigenvalue weighted by atomic mass is 10.1. The molecule has 5 heteroatoms. The van der Waals surface area contributed by atoms with Crippen molar-refractivity contribution in [2.45, 2.75) is 32.3 Å². The second-order valence-corrected chi connectivity index (χ2v) is 5.56. The Morgan fingerprint density at radius 2 is 1.95 bits per heavy atom. The van der Waals surface area contributed by atoms with E-state index in [1.807, 2.05) is 4.90 Å². The number of amides is 1. The van der Waals surface area contributed by atoms with E-state index in [4.69, 9.17) is 27.9 Å². The highest BCUT2D eigenvalue weighted by atomic mass is 35.5. The minimum Gasteiger partial charge on any atom is -0.479 e. The number of ether oxygens (including phenoxy) is 1. The van der Waals surface area contributed by atoms with Crippen LogP contribution in [0, 0.1) is 0 Å². The molecule has 0 spiro atoms. The van der Waals surface area contributed by atoms with Gasteiger partial charge in [-0.05, 0) is 44.4 Å². The van der Waals surface area contributed by atoms with E-state index in [0.29, 0.717) is 15.8 Å². The Bertz CT molecular complexity index is 459. The van der Waals surface area contributed by atoms with Crippen LogP contribution < -0.4 is 4.74 Å². The normalized spacial score (nSPS) is 17.1. The van der Waals surface area contributed by atoms with Crippen LogP contribution in [0.5, 0.6) is 5.75 Å². The first kappa shape index (κ1) is 14.5. The second kappa shape index (κ2) is 6.49. The zero-order valence-electron chi connectivity index (χ0n) is 10.9. The van der Waals surface area contributed by atoms with Gasteiger partial charge in [-0.3, -0.25) is 4.79 Å². The van der Waals surface area contributed by atoms with Gasteiger partial charge < -0.3 is 9.64 Å². The van der Waals surface area contributed by atoms with Crippen LogP contribution in [-0.4, -0.2) is 30.0 Å². The number of carbonyl (C=O) groups is 1. The van der Waals surface area contributed by atoms with Crippen LogP contribution in [-0.2, 0) is 4.79 Å². The number of likely N-dealkylation sites (tertiary alicyclic amines) is 1. The molecule has 0 radical (unpaired) electrons. The Morgan fingerprint density at radius 3 is 2.58 bits per heavy atom. The molecule has 1 aromatic carbocycles. The van der Waals surface area contributed by atoms with E-state index in [0.717, 1.165) is 25.9 Å². The van der Waals surface area contributed by atoms with Crippen molar-refractivity contribution < 1.29 is 9.53 Å². The molecule has 1 unspecified atom stereocenters. The Morgan fingerprint density at radius 1 is 1.26 bits per heavy atom. The fraction of sp³-hybridized carbons (Fsp3) is 0.500. The van der Waals surface area contributed by atoms with Crippen LogP contribution in [0.4, 0.5) is 0 Å². The molecule has 0 saturated carbocycles. The van der Waals surface area contributed by atoms with Crippen molar-refractivity contribution in [2.24, 2.45) is 0 Å². The molecule has 1 amide bonds. The third-order valence-corrected chi connectivity index (χ3v) is 3.74. The molecule has 1 aliphatic rings. The molecule has 1 aromatic rings. The van der Waals surface area contributed by atoms with Crippen LogP contribution in [0.3, 0.4) is 0 Å². The molecule has 1 heterocycles. The maximum absolute atomic E-state index is 12.2. The molecular weight excluding hydrogens is 285 g/mol. The molecule has 0 aliphatic carbocycles. The number of benzene rings is 1. The van der Waals surface area contributed by atoms with Crippen LogP contribution in [0.15, 0.2) is 18.2 Å². The zero-order valence-corrected chi connectivity index (χ0v) is 12.4. The average Bonchev–Trinajstić information content (AvgIpc) is 2.42. The third kappa shape index (κ3) is 3.77. The summed E-state index contributed by atoms with van der Waals surface area (Å²) in [5.41, 5.74) is 0. The van der Waals surface area contributed by atoms with Gasteiger partial charge in [-0.25, -0.2) is 0 Å². The topological polar surface area (TPSA) is 29.5 Å². The minimum atomic E-state index is -0.531. The molecule has 1 aliphatic heterocycles. The number of nitrogens with zero attached hydrogens (tertiary/aromatic N) is 1. The van der Waals surface area contributed by atoms with E-state index in [9.17, 15) is 4.79 Å². The predicted molar refractivity (Wildman–Crippen MR) is 77.0 cm³/mol. The van der Waals surface area contributed by atoms with Crippen molar-refractivity contribution in [3.8, 4) is 5.75 Å². The van der Waals surface area contributed by atoms with Gasteiger partial charge in [-0.1, -0.05) is 23.2 Å². The van der Waals surface area contributed by atoms with Gasteiger partial charge in [0.25, 0.3) is 5.91 Å². The van der Waals surface area contributed by atoms with Crippen molar-refractivity contribution in [1.29, 1.82) is 0 Å². The fourth-order valence-corrected chi connectivity index (χ4v) is 2.64. The highest BCUT2D eigenvalue weighted by Crippen LogP contribution is 2.28. The van der Waals surface area contributed by atoms with Gasteiger partial charge in [0, 0.05) is 18.1 Å². The molecule has 1 saturated heterocycles. The largest absolute Gasteiger partial charge is 0.479 e. The van der Waals surface area contributed by atoms with E-state index >= 15 is 0 Å². The Hall–Kier alpha value is -0.930. The lowest BCUT2D eigenvalue weighted by Crippen LogP contribution is -2.43. The summed E-state index contributed by atoms with van der Waals surface area (Å²) in [7, 11) is 0. The highest BCUT2D eigenvalue weighted by Gasteiger charge is 2.23. The predicted octanol–water partition coefficient (Wildman–Crippen LogP) is 3.77. The van der Waals surface area contributed by atoms with Gasteiger partial charge >= 0.3 is 0 Å². The van der Waals surface area contributed by atoms with Gasteiger partial charge in [0.05, 0.1) is 5.02 Å². The van der Waals surface area contributed by atoms with Crippen molar-refractivity contribution in [3.63, 3.8) is 0 Å². The van der Waals surface area contributed by atoms with E-state index in [1.165, 1.54) is 6.42 Å². The van der Waals surface area contributed by atoms with Crippen molar-refractivity contribution in [1.82, 2.24) is 4.90 Å². The van der Waals surface area contributed by atoms with Gasteiger partial charge in [-0.2, -0.15) is 0 Å². The number of carbonyl (C=O) groups excluding carboxylic acids is 1. The maximum Gasteiger partial charge on any atom is 0.263 e. The number of hydrogen-bond donors (Lipinski definition) is 0. The lowest BCUT2D eigenvalue weighted by molar-refractivity contribution is -0.138. The summed E-state index contributed by atoms with van der Waals surface area (Å²) in [5.74, 6) is 0.509. The summed E-state index contributed by atoms with van der Waals surface area (Å²) in [6.45, 7) is 3.39. The molecule has 104 valence electrons. The SMILES string of the molecule is CC(Oc1ccc(Cl)cc1Cl)C(=O)N1CCCCC1. The summed E-state index contributed by atoms with van der Waals surface area (Å²) >= 11 is 11.9. The fourth-order valence-electron chi connectivity index (χ4n) is 2.18. The Kier molecular flexibility index (Phi) is 4.94. The Balaban J connectivity index is 1.99. The zero-order chi connectivity index (χ0) is 13.8. The summed E-state index contributed by atoms with van der Waals surface area (Å²) in [6.07, 6.45) is 2.80. The maximum atomic E-state index is 12.2. The van der Waals surface area contributed by atoms with E-state index in [1.54, 1.807) is 25.1 Å². The molecule has 0 bridgehead atoms. The average molecular weight is 302 g/mol. The number of rotatable bonds is 3. The van der Waals surface area contributed by atoms with Crippen molar-refractivity contribution in [3.05, 3.63) is 28.2 Å². The lowest BCUT2D eigenvalue weighted by Gasteiger charge is -2.29. The number of halogens is 2. The van der Waals surface area contributed by atoms with E-state index in [-0.39, 0.29) is 5.91 Å². The van der Waals surface area contributed by atoms with Crippen molar-refractivity contribution in [2.75, 3.05) is 13.1 Å². The van der Waals surface area contributed by atoms with Crippen molar-refractivity contribution >= 4 is 29.1 Å². The quantitative estimate of drug-likeness (QED) is 0.850. The smallest absolute Gasteiger partial charge is 0.263 e. The molecule has 1 fully saturated rings. The summed E-state index contributed by atoms with van der Waals surface area (Å²) in [6, 6.07) is 4.99. The minimum absolute atomic E-state index is 0.0192. The summed E-state index contributed by atoms with van der Waals surface area (Å²) in [4.78, 5) is 14.1. The molecule has 2 rings (SSSR count). The third-order valence-electron chi connectivity index (χ3n) is 3.21. The molecular formula is C14H17Cl2NO2. The molecule has 0 aromatic heterocycles. The first-order chi connectivity index (χ1) is 9.08. The van der Waals surface area contributed by atoms with Gasteiger partial charge in [0.1, 0.15) is 5.75 Å². The molecule has 3 nitrogen and oxygen atoms in total. The monoisotopic (exact) mass is 301 g/mol. The van der Waals surface area contributed by atoms with E-state index < -0.39 is 6.10 Å². The van der Waals surface area contributed by atoms with Crippen LogP contribution in [0.25, 0.3) is 0 Å². The van der Waals surface area contributed by atoms with E-state index in [2.05, 4.69) is 0 Å². The number of hydrogen-bond acceptors (Lipinski definition) is 2. The molecule has 0 N–H and O–H groups in total. The highest BCUT2D eigenvalue weighted by molar-refractivity contribution is 6.35. The second-order valence-electron chi connectivity index (χ2n) is 4.72. The van der Waals surface area contributed by atoms with Crippen LogP contribution in [0.2, 0.25) is 10.0 Å². The summed E-state index contributed by atoms with van der Waals surface area (Å²) in [5, 5.41) is 0.971. The standard InChI is InChI=1S/C14H17Cl2NO2/c1-10(14(18)17-7-3-2-4-8-17)19-13-6-5-11(15)9-12(13)16/h5-6,9-10H,2-4,7-8H2,1H3. The van der Waals surface area contributed by atoms with Crippen LogP contribution in [0.1, 0.15) is 26.2 Å². The van der Waals surface area contributed by atoms with Gasteiger partial charge in [-0.15, -0.1) is 0 Å². The first-order valence-electron chi connectivity index (χ1n) is 6.48. The van der Waals surface area contributed by atoms with Crippen LogP contribution >= 0.6 is 23.2 Å². The Labute approximate surface area is 123 Å². The first-order valence-corrected chi connectivity index (χ1v) is 7.24. The summed E-state index contributed by atoms with van der Waals surface area (Å²) < 4.78 is 5.63. The molecule has 19 heavy (non-hydrogen) atoms. The number of piperidine rings is 1. The van der Waals surface area contributed by atoms with Gasteiger partial charge in [0.2, 0.25) is 0 Å².